The largest absolute Gasteiger partial charge is 0.352 e. The number of thioether (sulfide) groups is 1. The first-order valence-electron chi connectivity index (χ1n) is 6.21. The van der Waals surface area contributed by atoms with Crippen molar-refractivity contribution in [2.24, 2.45) is 0 Å². The maximum Gasteiger partial charge on any atom is 0.234 e. The monoisotopic (exact) mass is 313 g/mol. The van der Waals surface area contributed by atoms with E-state index in [-0.39, 0.29) is 17.2 Å². The van der Waals surface area contributed by atoms with Gasteiger partial charge in [-0.1, -0.05) is 65.3 Å². The molecular weight excluding hydrogens is 301 g/mol. The predicted octanol–water partition coefficient (Wildman–Crippen LogP) is 3.81. The minimum atomic E-state index is -0.169. The Labute approximate surface area is 126 Å². The maximum absolute atomic E-state index is 12.1. The lowest BCUT2D eigenvalue weighted by molar-refractivity contribution is -0.120. The van der Waals surface area contributed by atoms with Gasteiger partial charge in [-0.05, 0) is 12.0 Å². The van der Waals surface area contributed by atoms with Gasteiger partial charge in [0.1, 0.15) is 0 Å². The van der Waals surface area contributed by atoms with E-state index in [0.29, 0.717) is 21.7 Å². The Morgan fingerprint density at radius 3 is 2.63 bits per heavy atom. The Bertz CT molecular complexity index is 518. The molecular formula is C14H13Cl2NOS. The number of amides is 1. The van der Waals surface area contributed by atoms with Crippen LogP contribution in [0, 0.1) is 0 Å². The van der Waals surface area contributed by atoms with Crippen LogP contribution in [0.1, 0.15) is 24.3 Å². The van der Waals surface area contributed by atoms with Crippen molar-refractivity contribution in [1.29, 1.82) is 0 Å². The molecule has 0 bridgehead atoms. The van der Waals surface area contributed by atoms with Crippen LogP contribution in [0.4, 0.5) is 0 Å². The first-order valence-corrected chi connectivity index (χ1v) is 7.85. The summed E-state index contributed by atoms with van der Waals surface area (Å²) in [4.78, 5) is 12.1. The number of nitrogens with one attached hydrogen (secondary N) is 1. The third-order valence-electron chi connectivity index (χ3n) is 3.46. The van der Waals surface area contributed by atoms with Gasteiger partial charge in [-0.3, -0.25) is 4.79 Å². The van der Waals surface area contributed by atoms with Crippen molar-refractivity contribution < 1.29 is 4.79 Å². The molecule has 1 heterocycles. The summed E-state index contributed by atoms with van der Waals surface area (Å²) in [6, 6.07) is 10.5. The van der Waals surface area contributed by atoms with Crippen LogP contribution >= 0.6 is 35.0 Å². The van der Waals surface area contributed by atoms with E-state index in [9.17, 15) is 4.79 Å². The number of allylic oxidation sites excluding steroid dienone is 1. The van der Waals surface area contributed by atoms with Gasteiger partial charge in [-0.25, -0.2) is 0 Å². The van der Waals surface area contributed by atoms with Gasteiger partial charge < -0.3 is 5.32 Å². The van der Waals surface area contributed by atoms with E-state index in [1.54, 1.807) is 0 Å². The molecule has 1 saturated carbocycles. The summed E-state index contributed by atoms with van der Waals surface area (Å²) in [6.45, 7) is 0. The molecule has 1 aliphatic heterocycles. The lowest BCUT2D eigenvalue weighted by Gasteiger charge is -2.10. The lowest BCUT2D eigenvalue weighted by Crippen LogP contribution is -2.33. The molecule has 1 fully saturated rings. The molecule has 5 heteroatoms. The van der Waals surface area contributed by atoms with E-state index in [1.165, 1.54) is 17.3 Å². The molecule has 0 radical (unpaired) electrons. The average molecular weight is 314 g/mol. The minimum absolute atomic E-state index is 0.0437. The zero-order valence-electron chi connectivity index (χ0n) is 10.1. The van der Waals surface area contributed by atoms with Crippen molar-refractivity contribution >= 4 is 40.9 Å². The number of carbonyl (C=O) groups excluding carboxylic acids is 1. The Morgan fingerprint density at radius 2 is 2.00 bits per heavy atom. The van der Waals surface area contributed by atoms with Crippen molar-refractivity contribution in [3.63, 3.8) is 0 Å². The summed E-state index contributed by atoms with van der Waals surface area (Å²) in [7, 11) is 0. The van der Waals surface area contributed by atoms with Crippen LogP contribution in [-0.2, 0) is 4.79 Å². The van der Waals surface area contributed by atoms with E-state index in [4.69, 9.17) is 23.2 Å². The summed E-state index contributed by atoms with van der Waals surface area (Å²) < 4.78 is 0.553. The molecule has 3 unspecified atom stereocenters. The van der Waals surface area contributed by atoms with Crippen LogP contribution in [0.5, 0.6) is 0 Å². The fourth-order valence-electron chi connectivity index (χ4n) is 2.32. The highest BCUT2D eigenvalue weighted by molar-refractivity contribution is 8.06. The molecule has 1 aliphatic carbocycles. The van der Waals surface area contributed by atoms with Gasteiger partial charge in [0.15, 0.2) is 0 Å². The number of halogens is 2. The number of hydrogen-bond donors (Lipinski definition) is 1. The van der Waals surface area contributed by atoms with Crippen LogP contribution in [-0.4, -0.2) is 17.2 Å². The van der Waals surface area contributed by atoms with E-state index >= 15 is 0 Å². The quantitative estimate of drug-likeness (QED) is 0.919. The molecule has 19 heavy (non-hydrogen) atoms. The second kappa shape index (κ2) is 5.39. The lowest BCUT2D eigenvalue weighted by atomic mass is 10.1. The van der Waals surface area contributed by atoms with Gasteiger partial charge in [0, 0.05) is 23.4 Å². The van der Waals surface area contributed by atoms with Crippen LogP contribution < -0.4 is 5.32 Å². The standard InChI is InChI=1S/C14H13Cl2NOS/c15-10-7-12(19-13(10)16)14(18)17-11-6-9(11)8-4-2-1-3-5-8/h1-5,9,11-12H,6-7H2,(H,17,18). The second-order valence-electron chi connectivity index (χ2n) is 4.86. The van der Waals surface area contributed by atoms with E-state index in [2.05, 4.69) is 17.4 Å². The first-order chi connectivity index (χ1) is 9.15. The van der Waals surface area contributed by atoms with Crippen molar-refractivity contribution in [2.75, 3.05) is 0 Å². The summed E-state index contributed by atoms with van der Waals surface area (Å²) in [5, 5.41) is 3.51. The molecule has 1 N–H and O–H groups in total. The number of hydrogen-bond acceptors (Lipinski definition) is 2. The number of rotatable bonds is 3. The number of benzene rings is 1. The Kier molecular flexibility index (Phi) is 3.79. The van der Waals surface area contributed by atoms with Gasteiger partial charge >= 0.3 is 0 Å². The fraction of sp³-hybridized carbons (Fsp3) is 0.357. The normalized spacial score (nSPS) is 29.5. The Hall–Kier alpha value is -0.640. The summed E-state index contributed by atoms with van der Waals surface area (Å²) in [5.41, 5.74) is 1.29. The van der Waals surface area contributed by atoms with E-state index < -0.39 is 0 Å². The molecule has 3 rings (SSSR count). The van der Waals surface area contributed by atoms with Crippen LogP contribution in [0.3, 0.4) is 0 Å². The Balaban J connectivity index is 1.53. The number of carbonyl (C=O) groups is 1. The third-order valence-corrected chi connectivity index (χ3v) is 5.63. The van der Waals surface area contributed by atoms with Crippen LogP contribution in [0.25, 0.3) is 0 Å². The first kappa shape index (κ1) is 13.3. The van der Waals surface area contributed by atoms with Crippen LogP contribution in [0.15, 0.2) is 39.7 Å². The molecule has 0 spiro atoms. The molecule has 2 nitrogen and oxygen atoms in total. The zero-order valence-corrected chi connectivity index (χ0v) is 12.4. The smallest absolute Gasteiger partial charge is 0.234 e. The highest BCUT2D eigenvalue weighted by atomic mass is 35.5. The van der Waals surface area contributed by atoms with Crippen LogP contribution in [0.2, 0.25) is 0 Å². The molecule has 0 aromatic heterocycles. The van der Waals surface area contributed by atoms with Gasteiger partial charge in [0.25, 0.3) is 0 Å². The van der Waals surface area contributed by atoms with Gasteiger partial charge in [-0.2, -0.15) is 0 Å². The summed E-state index contributed by atoms with van der Waals surface area (Å²) in [5.74, 6) is 0.498. The molecule has 1 aromatic rings. The SMILES string of the molecule is O=C(NC1CC1c1ccccc1)C1CC(Cl)=C(Cl)S1. The van der Waals surface area contributed by atoms with E-state index in [1.807, 2.05) is 18.2 Å². The highest BCUT2D eigenvalue weighted by Gasteiger charge is 2.41. The van der Waals surface area contributed by atoms with Crippen molar-refractivity contribution in [2.45, 2.75) is 30.1 Å². The minimum Gasteiger partial charge on any atom is -0.352 e. The molecule has 100 valence electrons. The van der Waals surface area contributed by atoms with E-state index in [0.717, 1.165) is 6.42 Å². The van der Waals surface area contributed by atoms with Gasteiger partial charge in [0.2, 0.25) is 5.91 Å². The highest BCUT2D eigenvalue weighted by Crippen LogP contribution is 2.44. The molecule has 3 atom stereocenters. The molecule has 2 aliphatic rings. The summed E-state index contributed by atoms with van der Waals surface area (Å²) >= 11 is 13.2. The predicted molar refractivity (Wildman–Crippen MR) is 80.5 cm³/mol. The maximum atomic E-state index is 12.1. The topological polar surface area (TPSA) is 29.1 Å². The fourth-order valence-corrected chi connectivity index (χ4v) is 3.98. The zero-order chi connectivity index (χ0) is 13.4. The molecule has 0 saturated heterocycles. The van der Waals surface area contributed by atoms with Gasteiger partial charge in [-0.15, -0.1) is 0 Å². The van der Waals surface area contributed by atoms with Gasteiger partial charge in [0.05, 0.1) is 9.61 Å². The molecule has 1 aromatic carbocycles. The summed E-state index contributed by atoms with van der Waals surface area (Å²) in [6.07, 6.45) is 1.56. The second-order valence-corrected chi connectivity index (χ2v) is 7.13. The Morgan fingerprint density at radius 1 is 1.26 bits per heavy atom. The van der Waals surface area contributed by atoms with Crippen molar-refractivity contribution in [3.8, 4) is 0 Å². The van der Waals surface area contributed by atoms with Crippen molar-refractivity contribution in [1.82, 2.24) is 5.32 Å². The average Bonchev–Trinajstić information content (AvgIpc) is 3.09. The van der Waals surface area contributed by atoms with Crippen molar-refractivity contribution in [3.05, 3.63) is 45.3 Å². The third kappa shape index (κ3) is 2.93. The molecule has 1 amide bonds.